The van der Waals surface area contributed by atoms with E-state index in [4.69, 9.17) is 4.99 Å². The molecule has 0 radical (unpaired) electrons. The molecule has 4 rings (SSSR count). The number of alkyl halides is 3. The van der Waals surface area contributed by atoms with Crippen LogP contribution in [-0.2, 0) is 11.0 Å². The molecule has 0 aromatic heterocycles. The van der Waals surface area contributed by atoms with Crippen molar-refractivity contribution >= 4 is 23.7 Å². The average Bonchev–Trinajstić information content (AvgIpc) is 3.30. The van der Waals surface area contributed by atoms with Crippen molar-refractivity contribution in [2.24, 2.45) is 4.99 Å². The smallest absolute Gasteiger partial charge is 0.352 e. The van der Waals surface area contributed by atoms with Crippen LogP contribution < -0.4 is 16.0 Å². The lowest BCUT2D eigenvalue weighted by molar-refractivity contribution is -0.137. The summed E-state index contributed by atoms with van der Waals surface area (Å²) >= 11 is 0. The minimum atomic E-state index is -4.45. The lowest BCUT2D eigenvalue weighted by Crippen LogP contribution is -2.72. The fourth-order valence-electron chi connectivity index (χ4n) is 4.68. The van der Waals surface area contributed by atoms with Gasteiger partial charge in [-0.15, -0.1) is 0 Å². The van der Waals surface area contributed by atoms with Crippen molar-refractivity contribution < 1.29 is 27.6 Å². The molecule has 2 unspecified atom stereocenters. The number of imide groups is 1. The highest BCUT2D eigenvalue weighted by molar-refractivity contribution is 6.10. The van der Waals surface area contributed by atoms with Gasteiger partial charge in [0, 0.05) is 23.2 Å². The molecule has 0 aliphatic carbocycles. The van der Waals surface area contributed by atoms with Crippen LogP contribution in [0.5, 0.6) is 0 Å². The zero-order valence-electron chi connectivity index (χ0n) is 21.5. The van der Waals surface area contributed by atoms with E-state index in [2.05, 4.69) is 27.8 Å². The molecule has 2 aromatic rings. The van der Waals surface area contributed by atoms with Crippen LogP contribution in [0.2, 0.25) is 0 Å². The Labute approximate surface area is 224 Å². The third kappa shape index (κ3) is 5.74. The van der Waals surface area contributed by atoms with E-state index in [1.165, 1.54) is 12.1 Å². The summed E-state index contributed by atoms with van der Waals surface area (Å²) in [6.45, 7) is 4.29. The summed E-state index contributed by atoms with van der Waals surface area (Å²) in [7, 11) is 0. The molecular weight excluding hydrogens is 511 g/mol. The van der Waals surface area contributed by atoms with E-state index < -0.39 is 41.3 Å². The Kier molecular flexibility index (Phi) is 7.95. The number of rotatable bonds is 7. The molecule has 0 spiro atoms. The van der Waals surface area contributed by atoms with Crippen LogP contribution in [0.3, 0.4) is 0 Å². The molecule has 0 bridgehead atoms. The maximum absolute atomic E-state index is 12.9. The summed E-state index contributed by atoms with van der Waals surface area (Å²) in [6.07, 6.45) is -3.24. The molecule has 3 N–H and O–H groups in total. The van der Waals surface area contributed by atoms with Crippen LogP contribution in [0, 0.1) is 11.8 Å². The van der Waals surface area contributed by atoms with E-state index in [9.17, 15) is 27.6 Å². The third-order valence-corrected chi connectivity index (χ3v) is 6.50. The van der Waals surface area contributed by atoms with Gasteiger partial charge in [-0.1, -0.05) is 50.3 Å². The number of amidine groups is 1. The van der Waals surface area contributed by atoms with E-state index in [-0.39, 0.29) is 12.1 Å². The van der Waals surface area contributed by atoms with Crippen LogP contribution in [0.1, 0.15) is 60.2 Å². The summed E-state index contributed by atoms with van der Waals surface area (Å²) in [5.41, 5.74) is -0.661. The van der Waals surface area contributed by atoms with Crippen LogP contribution >= 0.6 is 0 Å². The highest BCUT2D eigenvalue weighted by atomic mass is 19.4. The molecule has 8 nitrogen and oxygen atoms in total. The molecule has 2 heterocycles. The Morgan fingerprint density at radius 2 is 1.87 bits per heavy atom. The first-order chi connectivity index (χ1) is 18.6. The summed E-state index contributed by atoms with van der Waals surface area (Å²) in [4.78, 5) is 44.2. The van der Waals surface area contributed by atoms with Gasteiger partial charge in [0.25, 0.3) is 11.8 Å². The molecular formula is C28H28F3N5O3. The fraction of sp³-hybridized carbons (Fsp3) is 0.357. The van der Waals surface area contributed by atoms with Crippen molar-refractivity contribution in [3.05, 3.63) is 70.8 Å². The summed E-state index contributed by atoms with van der Waals surface area (Å²) < 4.78 is 38.5. The highest BCUT2D eigenvalue weighted by Crippen LogP contribution is 2.33. The summed E-state index contributed by atoms with van der Waals surface area (Å²) in [5.74, 6) is 4.91. The van der Waals surface area contributed by atoms with Gasteiger partial charge in [0.15, 0.2) is 11.7 Å². The second kappa shape index (κ2) is 11.2. The number of nitrogens with zero attached hydrogens (tertiary/aromatic N) is 2. The third-order valence-electron chi connectivity index (χ3n) is 6.50. The number of benzene rings is 2. The number of carbonyl (C=O) groups is 3. The van der Waals surface area contributed by atoms with Crippen LogP contribution in [0.15, 0.2) is 53.5 Å². The van der Waals surface area contributed by atoms with Crippen molar-refractivity contribution in [3.63, 3.8) is 0 Å². The highest BCUT2D eigenvalue weighted by Gasteiger charge is 2.57. The zero-order valence-corrected chi connectivity index (χ0v) is 21.5. The van der Waals surface area contributed by atoms with Gasteiger partial charge in [0.1, 0.15) is 5.84 Å². The van der Waals surface area contributed by atoms with Gasteiger partial charge in [0.2, 0.25) is 0 Å². The van der Waals surface area contributed by atoms with Crippen molar-refractivity contribution in [3.8, 4) is 11.8 Å². The SMILES string of the molecule is CCCN1C(=O)NC(=O)C2(CCC)NC(c3ccc(C(=O)NCC#Cc4cccc(C(F)(F)F)c4)cc3)=NC12. The lowest BCUT2D eigenvalue weighted by Gasteiger charge is -2.43. The number of amides is 4. The molecule has 2 aliphatic heterocycles. The quantitative estimate of drug-likeness (QED) is 0.468. The van der Waals surface area contributed by atoms with Crippen molar-refractivity contribution in [1.29, 1.82) is 0 Å². The normalized spacial score (nSPS) is 20.3. The molecule has 204 valence electrons. The maximum atomic E-state index is 12.9. The minimum Gasteiger partial charge on any atom is -0.352 e. The number of fused-ring (bicyclic) bond motifs is 1. The van der Waals surface area contributed by atoms with Gasteiger partial charge in [-0.3, -0.25) is 19.8 Å². The lowest BCUT2D eigenvalue weighted by atomic mass is 9.87. The van der Waals surface area contributed by atoms with Crippen molar-refractivity contribution in [2.45, 2.75) is 51.0 Å². The van der Waals surface area contributed by atoms with Gasteiger partial charge in [-0.05, 0) is 43.2 Å². The zero-order chi connectivity index (χ0) is 28.2. The van der Waals surface area contributed by atoms with Gasteiger partial charge in [-0.25, -0.2) is 9.79 Å². The largest absolute Gasteiger partial charge is 0.416 e. The number of aliphatic imine (C=N–C) groups is 1. The van der Waals surface area contributed by atoms with E-state index in [0.29, 0.717) is 42.8 Å². The fourth-order valence-corrected chi connectivity index (χ4v) is 4.68. The Bertz CT molecular complexity index is 1360. The first kappa shape index (κ1) is 27.7. The van der Waals surface area contributed by atoms with Crippen LogP contribution in [0.25, 0.3) is 0 Å². The van der Waals surface area contributed by atoms with Crippen LogP contribution in [-0.4, -0.2) is 53.4 Å². The Balaban J connectivity index is 1.44. The van der Waals surface area contributed by atoms with Gasteiger partial charge < -0.3 is 10.6 Å². The number of urea groups is 1. The molecule has 1 saturated heterocycles. The van der Waals surface area contributed by atoms with Crippen molar-refractivity contribution in [2.75, 3.05) is 13.1 Å². The Morgan fingerprint density at radius 1 is 1.13 bits per heavy atom. The Hall–Kier alpha value is -4.33. The van der Waals surface area contributed by atoms with Crippen molar-refractivity contribution in [1.82, 2.24) is 20.9 Å². The van der Waals surface area contributed by atoms with Gasteiger partial charge in [0.05, 0.1) is 12.1 Å². The molecule has 0 saturated carbocycles. The van der Waals surface area contributed by atoms with Gasteiger partial charge in [-0.2, -0.15) is 13.2 Å². The standard InChI is InChI=1S/C28H28F3N5O3/c1-3-14-27-24(36(16-4-2)26(39)34-25(27)38)33-22(35-27)19-10-12-20(13-11-19)23(37)32-15-6-8-18-7-5-9-21(17-18)28(29,30)31/h5,7,9-13,17,24H,3-4,14-16H2,1-2H3,(H,32,37)(H,33,35)(H,34,38,39). The molecule has 11 heteroatoms. The second-order valence-corrected chi connectivity index (χ2v) is 9.29. The first-order valence-electron chi connectivity index (χ1n) is 12.6. The summed E-state index contributed by atoms with van der Waals surface area (Å²) in [5, 5.41) is 8.33. The Morgan fingerprint density at radius 3 is 2.54 bits per heavy atom. The molecule has 4 amide bonds. The first-order valence-corrected chi connectivity index (χ1v) is 12.6. The average molecular weight is 540 g/mol. The number of hydrogen-bond donors (Lipinski definition) is 3. The molecule has 1 fully saturated rings. The molecule has 39 heavy (non-hydrogen) atoms. The number of hydrogen-bond acceptors (Lipinski definition) is 5. The van der Waals surface area contributed by atoms with Crippen LogP contribution in [0.4, 0.5) is 18.0 Å². The summed E-state index contributed by atoms with van der Waals surface area (Å²) in [6, 6.07) is 10.8. The number of carbonyl (C=O) groups excluding carboxylic acids is 3. The monoisotopic (exact) mass is 539 g/mol. The maximum Gasteiger partial charge on any atom is 0.416 e. The molecule has 2 aliphatic rings. The molecule has 2 aromatic carbocycles. The van der Waals surface area contributed by atoms with E-state index in [0.717, 1.165) is 12.1 Å². The predicted octanol–water partition coefficient (Wildman–Crippen LogP) is 3.66. The molecule has 2 atom stereocenters. The van der Waals surface area contributed by atoms with E-state index >= 15 is 0 Å². The topological polar surface area (TPSA) is 103 Å². The number of halogens is 3. The minimum absolute atomic E-state index is 0.0529. The predicted molar refractivity (Wildman–Crippen MR) is 139 cm³/mol. The van der Waals surface area contributed by atoms with Gasteiger partial charge >= 0.3 is 12.2 Å². The van der Waals surface area contributed by atoms with E-state index in [1.54, 1.807) is 29.2 Å². The van der Waals surface area contributed by atoms with E-state index in [1.807, 2.05) is 13.8 Å². The second-order valence-electron chi connectivity index (χ2n) is 9.29. The number of nitrogens with one attached hydrogen (secondary N) is 3.